The molecule has 1 N–H and O–H groups in total. The summed E-state index contributed by atoms with van der Waals surface area (Å²) in [6, 6.07) is 8.67. The molecule has 21 heavy (non-hydrogen) atoms. The normalized spacial score (nSPS) is 18.4. The van der Waals surface area contributed by atoms with Gasteiger partial charge in [0.05, 0.1) is 7.11 Å². The molecule has 0 amide bonds. The highest BCUT2D eigenvalue weighted by atomic mass is 16.5. The molecule has 0 aliphatic carbocycles. The number of hydrogen-bond donors (Lipinski definition) is 1. The Balaban J connectivity index is 1.95. The topological polar surface area (TPSA) is 45.6 Å². The summed E-state index contributed by atoms with van der Waals surface area (Å²) < 4.78 is 5.30. The number of hydrogen-bond acceptors (Lipinski definition) is 4. The number of anilines is 1. The van der Waals surface area contributed by atoms with Crippen LogP contribution in [0.5, 0.6) is 5.75 Å². The van der Waals surface area contributed by atoms with E-state index in [4.69, 9.17) is 9.84 Å². The predicted octanol–water partition coefficient (Wildman–Crippen LogP) is 2.98. The molecular formula is C17H22N2O2. The molecule has 2 aromatic rings. The van der Waals surface area contributed by atoms with Gasteiger partial charge in [0.25, 0.3) is 0 Å². The van der Waals surface area contributed by atoms with Crippen LogP contribution in [0.1, 0.15) is 25.7 Å². The van der Waals surface area contributed by atoms with Gasteiger partial charge in [0, 0.05) is 30.8 Å². The number of aliphatic hydroxyl groups excluding tert-OH is 1. The third-order valence-electron chi connectivity index (χ3n) is 4.30. The SMILES string of the molecule is COc1ccc2c(N3CCCC3CCCO)nccc2c1. The molecule has 0 radical (unpaired) electrons. The highest BCUT2D eigenvalue weighted by Crippen LogP contribution is 2.33. The number of ether oxygens (including phenoxy) is 1. The second kappa shape index (κ2) is 6.31. The van der Waals surface area contributed by atoms with Gasteiger partial charge < -0.3 is 14.7 Å². The summed E-state index contributed by atoms with van der Waals surface area (Å²) in [6.07, 6.45) is 6.15. The van der Waals surface area contributed by atoms with Crippen LogP contribution in [0, 0.1) is 0 Å². The molecule has 4 nitrogen and oxygen atoms in total. The van der Waals surface area contributed by atoms with Crippen LogP contribution in [0.15, 0.2) is 30.5 Å². The Morgan fingerprint density at radius 3 is 3.10 bits per heavy atom. The average Bonchev–Trinajstić information content (AvgIpc) is 3.00. The molecular weight excluding hydrogens is 264 g/mol. The van der Waals surface area contributed by atoms with Crippen LogP contribution in [0.3, 0.4) is 0 Å². The lowest BCUT2D eigenvalue weighted by atomic mass is 10.1. The van der Waals surface area contributed by atoms with Crippen molar-refractivity contribution in [3.63, 3.8) is 0 Å². The lowest BCUT2D eigenvalue weighted by molar-refractivity contribution is 0.279. The van der Waals surface area contributed by atoms with Gasteiger partial charge in [-0.15, -0.1) is 0 Å². The molecule has 2 heterocycles. The molecule has 1 aromatic heterocycles. The molecule has 1 aliphatic heterocycles. The lowest BCUT2D eigenvalue weighted by Crippen LogP contribution is -2.30. The van der Waals surface area contributed by atoms with Crippen LogP contribution >= 0.6 is 0 Å². The second-order valence-electron chi connectivity index (χ2n) is 5.58. The summed E-state index contributed by atoms with van der Waals surface area (Å²) in [7, 11) is 1.69. The number of aliphatic hydroxyl groups is 1. The summed E-state index contributed by atoms with van der Waals surface area (Å²) in [5, 5.41) is 11.4. The largest absolute Gasteiger partial charge is 0.497 e. The molecule has 1 fully saturated rings. The minimum absolute atomic E-state index is 0.268. The van der Waals surface area contributed by atoms with Crippen LogP contribution in [-0.4, -0.2) is 36.4 Å². The number of benzene rings is 1. The molecule has 1 aliphatic rings. The Labute approximate surface area is 125 Å². The van der Waals surface area contributed by atoms with Crippen LogP contribution in [0.2, 0.25) is 0 Å². The molecule has 3 rings (SSSR count). The zero-order chi connectivity index (χ0) is 14.7. The van der Waals surface area contributed by atoms with Crippen molar-refractivity contribution in [2.45, 2.75) is 31.7 Å². The summed E-state index contributed by atoms with van der Waals surface area (Å²) in [5.41, 5.74) is 0. The Hall–Kier alpha value is -1.81. The van der Waals surface area contributed by atoms with Gasteiger partial charge in [-0.2, -0.15) is 0 Å². The Kier molecular flexibility index (Phi) is 4.25. The fourth-order valence-corrected chi connectivity index (χ4v) is 3.24. The Morgan fingerprint density at radius 1 is 1.38 bits per heavy atom. The van der Waals surface area contributed by atoms with Crippen molar-refractivity contribution in [1.82, 2.24) is 4.98 Å². The van der Waals surface area contributed by atoms with Crippen LogP contribution in [-0.2, 0) is 0 Å². The molecule has 0 saturated carbocycles. The third-order valence-corrected chi connectivity index (χ3v) is 4.30. The number of fused-ring (bicyclic) bond motifs is 1. The number of methoxy groups -OCH3 is 1. The van der Waals surface area contributed by atoms with E-state index in [9.17, 15) is 0 Å². The van der Waals surface area contributed by atoms with Crippen molar-refractivity contribution < 1.29 is 9.84 Å². The lowest BCUT2D eigenvalue weighted by Gasteiger charge is -2.26. The van der Waals surface area contributed by atoms with Crippen molar-refractivity contribution in [2.75, 3.05) is 25.2 Å². The van der Waals surface area contributed by atoms with E-state index in [1.807, 2.05) is 18.3 Å². The standard InChI is InChI=1S/C17H22N2O2/c1-21-15-6-7-16-13(12-15)8-9-18-17(16)19-10-2-4-14(19)5-3-11-20/h6-9,12,14,20H,2-5,10-11H2,1H3. The number of nitrogens with zero attached hydrogens (tertiary/aromatic N) is 2. The molecule has 1 saturated heterocycles. The van der Waals surface area contributed by atoms with E-state index >= 15 is 0 Å². The van der Waals surface area contributed by atoms with Gasteiger partial charge in [-0.25, -0.2) is 4.98 Å². The smallest absolute Gasteiger partial charge is 0.136 e. The van der Waals surface area contributed by atoms with E-state index in [0.29, 0.717) is 6.04 Å². The maximum Gasteiger partial charge on any atom is 0.136 e. The number of rotatable bonds is 5. The van der Waals surface area contributed by atoms with Gasteiger partial charge >= 0.3 is 0 Å². The monoisotopic (exact) mass is 286 g/mol. The molecule has 0 spiro atoms. The van der Waals surface area contributed by atoms with E-state index in [1.54, 1.807) is 7.11 Å². The van der Waals surface area contributed by atoms with Gasteiger partial charge in [-0.3, -0.25) is 0 Å². The first-order valence-electron chi connectivity index (χ1n) is 7.63. The van der Waals surface area contributed by atoms with Crippen molar-refractivity contribution in [3.05, 3.63) is 30.5 Å². The van der Waals surface area contributed by atoms with Crippen molar-refractivity contribution in [2.24, 2.45) is 0 Å². The van der Waals surface area contributed by atoms with Gasteiger partial charge in [-0.1, -0.05) is 0 Å². The minimum Gasteiger partial charge on any atom is -0.497 e. The molecule has 1 atom stereocenters. The zero-order valence-corrected chi connectivity index (χ0v) is 12.5. The average molecular weight is 286 g/mol. The molecule has 1 unspecified atom stereocenters. The highest BCUT2D eigenvalue weighted by Gasteiger charge is 2.26. The third kappa shape index (κ3) is 2.81. The van der Waals surface area contributed by atoms with Crippen LogP contribution in [0.4, 0.5) is 5.82 Å². The summed E-state index contributed by atoms with van der Waals surface area (Å²) in [6.45, 7) is 1.32. The van der Waals surface area contributed by atoms with Gasteiger partial charge in [0.2, 0.25) is 0 Å². The quantitative estimate of drug-likeness (QED) is 0.918. The van der Waals surface area contributed by atoms with E-state index < -0.39 is 0 Å². The number of aromatic nitrogens is 1. The van der Waals surface area contributed by atoms with Gasteiger partial charge in [0.15, 0.2) is 0 Å². The Bertz CT molecular complexity index is 615. The highest BCUT2D eigenvalue weighted by molar-refractivity contribution is 5.93. The van der Waals surface area contributed by atoms with Crippen LogP contribution in [0.25, 0.3) is 10.8 Å². The van der Waals surface area contributed by atoms with Crippen molar-refractivity contribution >= 4 is 16.6 Å². The fraction of sp³-hybridized carbons (Fsp3) is 0.471. The van der Waals surface area contributed by atoms with Crippen molar-refractivity contribution in [3.8, 4) is 5.75 Å². The predicted molar refractivity (Wildman–Crippen MR) is 85.0 cm³/mol. The first-order chi connectivity index (χ1) is 10.3. The maximum absolute atomic E-state index is 9.06. The first-order valence-corrected chi connectivity index (χ1v) is 7.63. The van der Waals surface area contributed by atoms with Gasteiger partial charge in [0.1, 0.15) is 11.6 Å². The molecule has 0 bridgehead atoms. The molecule has 112 valence electrons. The first kappa shape index (κ1) is 14.1. The zero-order valence-electron chi connectivity index (χ0n) is 12.5. The van der Waals surface area contributed by atoms with E-state index in [1.165, 1.54) is 18.2 Å². The van der Waals surface area contributed by atoms with Gasteiger partial charge in [-0.05, 0) is 55.3 Å². The van der Waals surface area contributed by atoms with E-state index in [2.05, 4.69) is 22.0 Å². The fourth-order valence-electron chi connectivity index (χ4n) is 3.24. The number of pyridine rings is 1. The minimum atomic E-state index is 0.268. The van der Waals surface area contributed by atoms with Crippen LogP contribution < -0.4 is 9.64 Å². The van der Waals surface area contributed by atoms with E-state index in [-0.39, 0.29) is 6.61 Å². The maximum atomic E-state index is 9.06. The Morgan fingerprint density at radius 2 is 2.29 bits per heavy atom. The van der Waals surface area contributed by atoms with Crippen molar-refractivity contribution in [1.29, 1.82) is 0 Å². The summed E-state index contributed by atoms with van der Waals surface area (Å²) in [4.78, 5) is 7.03. The summed E-state index contributed by atoms with van der Waals surface area (Å²) in [5.74, 6) is 1.94. The summed E-state index contributed by atoms with van der Waals surface area (Å²) >= 11 is 0. The molecule has 4 heteroatoms. The molecule has 1 aromatic carbocycles. The van der Waals surface area contributed by atoms with E-state index in [0.717, 1.165) is 36.3 Å². The second-order valence-corrected chi connectivity index (χ2v) is 5.58.